The molecule has 5 heteroatoms. The molecule has 0 saturated carbocycles. The molecule has 0 spiro atoms. The first-order valence-corrected chi connectivity index (χ1v) is 7.79. The molecule has 3 rings (SSSR count). The molecule has 22 heavy (non-hydrogen) atoms. The van der Waals surface area contributed by atoms with E-state index in [4.69, 9.17) is 9.84 Å². The number of hydrogen-bond acceptors (Lipinski definition) is 3. The maximum Gasteiger partial charge on any atom is 0.123 e. The van der Waals surface area contributed by atoms with Gasteiger partial charge >= 0.3 is 0 Å². The van der Waals surface area contributed by atoms with Crippen LogP contribution in [0.25, 0.3) is 0 Å². The summed E-state index contributed by atoms with van der Waals surface area (Å²) >= 11 is 0. The van der Waals surface area contributed by atoms with Crippen LogP contribution in [0, 0.1) is 5.82 Å². The Balaban J connectivity index is 1.65. The lowest BCUT2D eigenvalue weighted by Gasteiger charge is -2.22. The molecule has 1 unspecified atom stereocenters. The van der Waals surface area contributed by atoms with Gasteiger partial charge in [-0.1, -0.05) is 12.1 Å². The molecule has 1 aromatic heterocycles. The van der Waals surface area contributed by atoms with Crippen LogP contribution in [0.5, 0.6) is 0 Å². The second-order valence-electron chi connectivity index (χ2n) is 5.75. The topological polar surface area (TPSA) is 39.1 Å². The number of halogens is 1. The molecule has 1 aliphatic rings. The monoisotopic (exact) mass is 303 g/mol. The minimum atomic E-state index is -0.194. The van der Waals surface area contributed by atoms with E-state index in [1.807, 2.05) is 16.8 Å². The standard InChI is InChI=1S/C17H22FN3O/c1-22-10-9-21-12-14-3-2-4-16(17(14)20-21)19-11-13-5-7-15(18)8-6-13/h5-8,12,16,19H,2-4,9-11H2,1H3. The zero-order valence-corrected chi connectivity index (χ0v) is 12.9. The number of aryl methyl sites for hydroxylation is 1. The molecule has 0 aliphatic heterocycles. The lowest BCUT2D eigenvalue weighted by molar-refractivity contribution is 0.183. The zero-order chi connectivity index (χ0) is 15.4. The third-order valence-electron chi connectivity index (χ3n) is 4.13. The van der Waals surface area contributed by atoms with Gasteiger partial charge in [0.2, 0.25) is 0 Å². The van der Waals surface area contributed by atoms with Crippen molar-refractivity contribution in [1.82, 2.24) is 15.1 Å². The Morgan fingerprint density at radius 3 is 2.95 bits per heavy atom. The smallest absolute Gasteiger partial charge is 0.123 e. The fourth-order valence-electron chi connectivity index (χ4n) is 2.94. The number of methoxy groups -OCH3 is 1. The summed E-state index contributed by atoms with van der Waals surface area (Å²) in [7, 11) is 1.70. The summed E-state index contributed by atoms with van der Waals surface area (Å²) in [6.07, 6.45) is 5.50. The fourth-order valence-corrected chi connectivity index (χ4v) is 2.94. The largest absolute Gasteiger partial charge is 0.383 e. The van der Waals surface area contributed by atoms with E-state index < -0.39 is 0 Å². The summed E-state index contributed by atoms with van der Waals surface area (Å²) in [4.78, 5) is 0. The fraction of sp³-hybridized carbons (Fsp3) is 0.471. The van der Waals surface area contributed by atoms with Crippen molar-refractivity contribution in [3.63, 3.8) is 0 Å². The molecule has 1 aromatic carbocycles. The predicted molar refractivity (Wildman–Crippen MR) is 83.0 cm³/mol. The molecule has 4 nitrogen and oxygen atoms in total. The van der Waals surface area contributed by atoms with E-state index in [-0.39, 0.29) is 11.9 Å². The van der Waals surface area contributed by atoms with Crippen molar-refractivity contribution >= 4 is 0 Å². The van der Waals surface area contributed by atoms with Crippen molar-refractivity contribution in [3.8, 4) is 0 Å². The second kappa shape index (κ2) is 7.03. The van der Waals surface area contributed by atoms with Crippen molar-refractivity contribution in [2.24, 2.45) is 0 Å². The summed E-state index contributed by atoms with van der Waals surface area (Å²) < 4.78 is 20.0. The Kier molecular flexibility index (Phi) is 4.85. The molecule has 0 radical (unpaired) electrons. The highest BCUT2D eigenvalue weighted by molar-refractivity contribution is 5.24. The predicted octanol–water partition coefficient (Wildman–Crippen LogP) is 2.84. The molecular weight excluding hydrogens is 281 g/mol. The number of aromatic nitrogens is 2. The number of benzene rings is 1. The van der Waals surface area contributed by atoms with Gasteiger partial charge < -0.3 is 10.1 Å². The molecule has 0 fully saturated rings. The maximum absolute atomic E-state index is 12.9. The first kappa shape index (κ1) is 15.2. The van der Waals surface area contributed by atoms with Crippen LogP contribution in [0.2, 0.25) is 0 Å². The number of nitrogens with zero attached hydrogens (tertiary/aromatic N) is 2. The average Bonchev–Trinajstić information content (AvgIpc) is 2.96. The number of nitrogens with one attached hydrogen (secondary N) is 1. The molecule has 2 aromatic rings. The van der Waals surface area contributed by atoms with Crippen LogP contribution in [-0.2, 0) is 24.2 Å². The average molecular weight is 303 g/mol. The van der Waals surface area contributed by atoms with Gasteiger partial charge in [-0.05, 0) is 42.5 Å². The van der Waals surface area contributed by atoms with Crippen LogP contribution in [-0.4, -0.2) is 23.5 Å². The van der Waals surface area contributed by atoms with Crippen molar-refractivity contribution in [2.75, 3.05) is 13.7 Å². The van der Waals surface area contributed by atoms with Crippen LogP contribution in [0.4, 0.5) is 4.39 Å². The van der Waals surface area contributed by atoms with E-state index in [1.165, 1.54) is 24.1 Å². The molecule has 1 heterocycles. The molecule has 1 atom stereocenters. The van der Waals surface area contributed by atoms with E-state index in [9.17, 15) is 4.39 Å². The van der Waals surface area contributed by atoms with Gasteiger partial charge in [0, 0.05) is 19.9 Å². The normalized spacial score (nSPS) is 17.5. The lowest BCUT2D eigenvalue weighted by Crippen LogP contribution is -2.25. The number of fused-ring (bicyclic) bond motifs is 1. The van der Waals surface area contributed by atoms with Gasteiger partial charge in [0.05, 0.1) is 24.9 Å². The molecule has 0 bridgehead atoms. The Morgan fingerprint density at radius 1 is 1.36 bits per heavy atom. The molecular formula is C17H22FN3O. The van der Waals surface area contributed by atoms with Gasteiger partial charge in [-0.15, -0.1) is 0 Å². The van der Waals surface area contributed by atoms with Crippen molar-refractivity contribution in [3.05, 3.63) is 53.1 Å². The van der Waals surface area contributed by atoms with Crippen LogP contribution in [0.3, 0.4) is 0 Å². The molecule has 118 valence electrons. The SMILES string of the molecule is COCCn1cc2c(n1)C(NCc1ccc(F)cc1)CCC2. The van der Waals surface area contributed by atoms with Crippen LogP contribution < -0.4 is 5.32 Å². The highest BCUT2D eigenvalue weighted by Gasteiger charge is 2.23. The minimum Gasteiger partial charge on any atom is -0.383 e. The van der Waals surface area contributed by atoms with Crippen molar-refractivity contribution < 1.29 is 9.13 Å². The van der Waals surface area contributed by atoms with Crippen molar-refractivity contribution in [1.29, 1.82) is 0 Å². The number of ether oxygens (including phenoxy) is 1. The zero-order valence-electron chi connectivity index (χ0n) is 12.9. The third kappa shape index (κ3) is 3.54. The van der Waals surface area contributed by atoms with Crippen LogP contribution >= 0.6 is 0 Å². The van der Waals surface area contributed by atoms with E-state index in [2.05, 4.69) is 11.5 Å². The van der Waals surface area contributed by atoms with Gasteiger partial charge in [-0.2, -0.15) is 5.10 Å². The number of rotatable bonds is 6. The van der Waals surface area contributed by atoms with Gasteiger partial charge in [-0.25, -0.2) is 4.39 Å². The third-order valence-corrected chi connectivity index (χ3v) is 4.13. The molecule has 1 aliphatic carbocycles. The maximum atomic E-state index is 12.9. The number of hydrogen-bond donors (Lipinski definition) is 1. The Bertz CT molecular complexity index is 609. The molecule has 0 amide bonds. The quantitative estimate of drug-likeness (QED) is 0.892. The Labute approximate surface area is 130 Å². The van der Waals surface area contributed by atoms with Gasteiger partial charge in [0.15, 0.2) is 0 Å². The lowest BCUT2D eigenvalue weighted by atomic mass is 9.93. The van der Waals surface area contributed by atoms with Gasteiger partial charge in [-0.3, -0.25) is 4.68 Å². The van der Waals surface area contributed by atoms with E-state index in [0.29, 0.717) is 6.61 Å². The van der Waals surface area contributed by atoms with Crippen LogP contribution in [0.1, 0.15) is 35.7 Å². The summed E-state index contributed by atoms with van der Waals surface area (Å²) in [6.45, 7) is 2.19. The molecule has 1 N–H and O–H groups in total. The Hall–Kier alpha value is -1.72. The summed E-state index contributed by atoms with van der Waals surface area (Å²) in [5.41, 5.74) is 3.58. The highest BCUT2D eigenvalue weighted by atomic mass is 19.1. The van der Waals surface area contributed by atoms with E-state index in [1.54, 1.807) is 7.11 Å². The van der Waals surface area contributed by atoms with Crippen molar-refractivity contribution in [2.45, 2.75) is 38.4 Å². The second-order valence-corrected chi connectivity index (χ2v) is 5.75. The van der Waals surface area contributed by atoms with E-state index in [0.717, 1.165) is 37.2 Å². The van der Waals surface area contributed by atoms with Crippen LogP contribution in [0.15, 0.2) is 30.5 Å². The summed E-state index contributed by atoms with van der Waals surface area (Å²) in [5, 5.41) is 8.26. The highest BCUT2D eigenvalue weighted by Crippen LogP contribution is 2.28. The summed E-state index contributed by atoms with van der Waals surface area (Å²) in [6, 6.07) is 6.93. The van der Waals surface area contributed by atoms with Gasteiger partial charge in [0.25, 0.3) is 0 Å². The first-order chi connectivity index (χ1) is 10.8. The summed E-state index contributed by atoms with van der Waals surface area (Å²) in [5.74, 6) is -0.194. The minimum absolute atomic E-state index is 0.194. The van der Waals surface area contributed by atoms with E-state index >= 15 is 0 Å². The Morgan fingerprint density at radius 2 is 2.18 bits per heavy atom. The van der Waals surface area contributed by atoms with Gasteiger partial charge in [0.1, 0.15) is 5.82 Å². The molecule has 0 saturated heterocycles. The first-order valence-electron chi connectivity index (χ1n) is 7.79.